The lowest BCUT2D eigenvalue weighted by molar-refractivity contribution is 0.102. The molecule has 0 heterocycles. The van der Waals surface area contributed by atoms with Crippen molar-refractivity contribution in [1.82, 2.24) is 0 Å². The fourth-order valence-corrected chi connectivity index (χ4v) is 4.14. The van der Waals surface area contributed by atoms with Gasteiger partial charge in [0.25, 0.3) is 15.9 Å². The summed E-state index contributed by atoms with van der Waals surface area (Å²) in [5, 5.41) is 2.75. The van der Waals surface area contributed by atoms with Gasteiger partial charge in [0.1, 0.15) is 5.75 Å². The number of anilines is 2. The summed E-state index contributed by atoms with van der Waals surface area (Å²) in [5.41, 5.74) is 2.75. The van der Waals surface area contributed by atoms with E-state index < -0.39 is 15.9 Å². The first-order valence-corrected chi connectivity index (χ1v) is 10.4. The molecule has 0 aliphatic heterocycles. The molecule has 0 spiro atoms. The van der Waals surface area contributed by atoms with E-state index in [1.165, 1.54) is 13.2 Å². The van der Waals surface area contributed by atoms with E-state index in [1.54, 1.807) is 55.5 Å². The molecule has 0 aliphatic carbocycles. The number of carbonyl (C=O) groups excluding carboxylic acids is 1. The van der Waals surface area contributed by atoms with Crippen LogP contribution in [0.5, 0.6) is 5.75 Å². The minimum absolute atomic E-state index is 0.0470. The van der Waals surface area contributed by atoms with E-state index >= 15 is 0 Å². The molecule has 0 aliphatic rings. The summed E-state index contributed by atoms with van der Waals surface area (Å²) in [7, 11) is -2.34. The molecule has 0 aromatic heterocycles. The van der Waals surface area contributed by atoms with Crippen LogP contribution in [-0.2, 0) is 10.0 Å². The summed E-state index contributed by atoms with van der Waals surface area (Å²) in [6.07, 6.45) is 0. The zero-order valence-electron chi connectivity index (χ0n) is 16.4. The number of para-hydroxylation sites is 2. The predicted molar refractivity (Wildman–Crippen MR) is 114 cm³/mol. The van der Waals surface area contributed by atoms with E-state index in [2.05, 4.69) is 10.0 Å². The minimum Gasteiger partial charge on any atom is -0.495 e. The number of benzene rings is 3. The largest absolute Gasteiger partial charge is 0.495 e. The van der Waals surface area contributed by atoms with Gasteiger partial charge >= 0.3 is 0 Å². The highest BCUT2D eigenvalue weighted by Gasteiger charge is 2.20. The second kappa shape index (κ2) is 8.36. The third kappa shape index (κ3) is 4.75. The van der Waals surface area contributed by atoms with Crippen molar-refractivity contribution in [2.75, 3.05) is 17.1 Å². The average Bonchev–Trinajstić information content (AvgIpc) is 2.70. The summed E-state index contributed by atoms with van der Waals surface area (Å²) in [6, 6.07) is 18.6. The first kappa shape index (κ1) is 20.4. The molecule has 0 saturated carbocycles. The van der Waals surface area contributed by atoms with Crippen molar-refractivity contribution in [3.8, 4) is 5.75 Å². The number of sulfonamides is 1. The molecule has 3 aromatic rings. The number of aryl methyl sites for hydroxylation is 2. The van der Waals surface area contributed by atoms with Gasteiger partial charge in [-0.25, -0.2) is 8.42 Å². The molecule has 0 bridgehead atoms. The lowest BCUT2D eigenvalue weighted by Gasteiger charge is -2.13. The Morgan fingerprint density at radius 1 is 0.931 bits per heavy atom. The summed E-state index contributed by atoms with van der Waals surface area (Å²) < 4.78 is 33.5. The maximum Gasteiger partial charge on any atom is 0.262 e. The maximum absolute atomic E-state index is 12.9. The summed E-state index contributed by atoms with van der Waals surface area (Å²) in [6.45, 7) is 3.61. The lowest BCUT2D eigenvalue weighted by Crippen LogP contribution is -2.17. The molecule has 6 nitrogen and oxygen atoms in total. The Labute approximate surface area is 170 Å². The van der Waals surface area contributed by atoms with Gasteiger partial charge in [-0.3, -0.25) is 9.52 Å². The molecule has 1 amide bonds. The molecular formula is C22H22N2O4S. The fourth-order valence-electron chi connectivity index (χ4n) is 2.80. The zero-order chi connectivity index (χ0) is 21.0. The zero-order valence-corrected chi connectivity index (χ0v) is 17.2. The molecule has 29 heavy (non-hydrogen) atoms. The molecule has 0 atom stereocenters. The Kier molecular flexibility index (Phi) is 5.89. The Hall–Kier alpha value is -3.32. The third-order valence-corrected chi connectivity index (χ3v) is 5.92. The van der Waals surface area contributed by atoms with Gasteiger partial charge in [-0.2, -0.15) is 0 Å². The molecule has 7 heteroatoms. The van der Waals surface area contributed by atoms with Gasteiger partial charge in [0, 0.05) is 11.3 Å². The number of ether oxygens (including phenoxy) is 1. The van der Waals surface area contributed by atoms with Crippen LogP contribution in [0.4, 0.5) is 11.4 Å². The molecule has 3 aromatic carbocycles. The lowest BCUT2D eigenvalue weighted by atomic mass is 10.1. The van der Waals surface area contributed by atoms with Crippen LogP contribution in [-0.4, -0.2) is 21.4 Å². The fraction of sp³-hybridized carbons (Fsp3) is 0.136. The summed E-state index contributed by atoms with van der Waals surface area (Å²) in [4.78, 5) is 12.7. The summed E-state index contributed by atoms with van der Waals surface area (Å²) >= 11 is 0. The number of carbonyl (C=O) groups is 1. The molecular weight excluding hydrogens is 388 g/mol. The third-order valence-electron chi connectivity index (χ3n) is 4.40. The number of nitrogens with one attached hydrogen (secondary N) is 2. The highest BCUT2D eigenvalue weighted by atomic mass is 32.2. The van der Waals surface area contributed by atoms with Crippen LogP contribution in [0.2, 0.25) is 0 Å². The first-order valence-electron chi connectivity index (χ1n) is 8.94. The van der Waals surface area contributed by atoms with E-state index in [9.17, 15) is 13.2 Å². The van der Waals surface area contributed by atoms with E-state index in [0.717, 1.165) is 5.56 Å². The standard InChI is InChI=1S/C22H22N2O4S/c1-15-8-12-18(13-9-15)24-29(26,27)21-14-17(11-10-16(21)2)22(25)23-19-6-4-5-7-20(19)28-3/h4-14,24H,1-3H3,(H,23,25). The van der Waals surface area contributed by atoms with Crippen LogP contribution in [0, 0.1) is 13.8 Å². The second-order valence-corrected chi connectivity index (χ2v) is 8.26. The van der Waals surface area contributed by atoms with Gasteiger partial charge in [-0.05, 0) is 55.8 Å². The van der Waals surface area contributed by atoms with Gasteiger partial charge < -0.3 is 10.1 Å². The maximum atomic E-state index is 12.9. The quantitative estimate of drug-likeness (QED) is 0.632. The van der Waals surface area contributed by atoms with E-state index in [0.29, 0.717) is 22.7 Å². The average molecular weight is 410 g/mol. The molecule has 2 N–H and O–H groups in total. The summed E-state index contributed by atoms with van der Waals surface area (Å²) in [5.74, 6) is 0.0862. The van der Waals surface area contributed by atoms with Crippen LogP contribution in [0.25, 0.3) is 0 Å². The van der Waals surface area contributed by atoms with Crippen LogP contribution >= 0.6 is 0 Å². The van der Waals surface area contributed by atoms with Crippen LogP contribution in [0.1, 0.15) is 21.5 Å². The van der Waals surface area contributed by atoms with Gasteiger partial charge in [0.15, 0.2) is 0 Å². The molecule has 0 radical (unpaired) electrons. The van der Waals surface area contributed by atoms with Crippen molar-refractivity contribution < 1.29 is 17.9 Å². The molecule has 150 valence electrons. The van der Waals surface area contributed by atoms with Crippen molar-refractivity contribution in [1.29, 1.82) is 0 Å². The highest BCUT2D eigenvalue weighted by molar-refractivity contribution is 7.92. The Balaban J connectivity index is 1.89. The monoisotopic (exact) mass is 410 g/mol. The predicted octanol–water partition coefficient (Wildman–Crippen LogP) is 4.37. The Morgan fingerprint density at radius 2 is 1.62 bits per heavy atom. The van der Waals surface area contributed by atoms with Crippen molar-refractivity contribution in [2.24, 2.45) is 0 Å². The number of amides is 1. The number of hydrogen-bond donors (Lipinski definition) is 2. The van der Waals surface area contributed by atoms with Crippen LogP contribution in [0.15, 0.2) is 71.6 Å². The van der Waals surface area contributed by atoms with Crippen molar-refractivity contribution in [3.63, 3.8) is 0 Å². The van der Waals surface area contributed by atoms with E-state index in [1.807, 2.05) is 19.1 Å². The Bertz CT molecular complexity index is 1140. The minimum atomic E-state index is -3.85. The van der Waals surface area contributed by atoms with E-state index in [-0.39, 0.29) is 10.5 Å². The smallest absolute Gasteiger partial charge is 0.262 e. The molecule has 0 saturated heterocycles. The van der Waals surface area contributed by atoms with E-state index in [4.69, 9.17) is 4.74 Å². The van der Waals surface area contributed by atoms with Gasteiger partial charge in [-0.15, -0.1) is 0 Å². The van der Waals surface area contributed by atoms with Crippen LogP contribution in [0.3, 0.4) is 0 Å². The number of rotatable bonds is 6. The van der Waals surface area contributed by atoms with Crippen molar-refractivity contribution in [2.45, 2.75) is 18.7 Å². The number of hydrogen-bond acceptors (Lipinski definition) is 4. The van der Waals surface area contributed by atoms with Gasteiger partial charge in [0.05, 0.1) is 17.7 Å². The van der Waals surface area contributed by atoms with Crippen molar-refractivity contribution >= 4 is 27.3 Å². The molecule has 0 unspecified atom stereocenters. The normalized spacial score (nSPS) is 11.0. The van der Waals surface area contributed by atoms with Gasteiger partial charge in [-0.1, -0.05) is 35.9 Å². The molecule has 0 fully saturated rings. The van der Waals surface area contributed by atoms with Gasteiger partial charge in [0.2, 0.25) is 0 Å². The number of methoxy groups -OCH3 is 1. The first-order chi connectivity index (χ1) is 13.8. The SMILES string of the molecule is COc1ccccc1NC(=O)c1ccc(C)c(S(=O)(=O)Nc2ccc(C)cc2)c1. The Morgan fingerprint density at radius 3 is 2.31 bits per heavy atom. The van der Waals surface area contributed by atoms with Crippen molar-refractivity contribution in [3.05, 3.63) is 83.4 Å². The van der Waals surface area contributed by atoms with Crippen LogP contribution < -0.4 is 14.8 Å². The second-order valence-electron chi connectivity index (χ2n) is 6.61. The topological polar surface area (TPSA) is 84.5 Å². The molecule has 3 rings (SSSR count). The highest BCUT2D eigenvalue weighted by Crippen LogP contribution is 2.25.